The Balaban J connectivity index is 2.30. The minimum Gasteiger partial charge on any atom is -0.314 e. The molecule has 7 heteroatoms. The lowest BCUT2D eigenvalue weighted by atomic mass is 10.4. The van der Waals surface area contributed by atoms with Crippen molar-refractivity contribution in [3.05, 3.63) is 16.1 Å². The summed E-state index contributed by atoms with van der Waals surface area (Å²) in [5.74, 6) is 0.157. The second-order valence-electron chi connectivity index (χ2n) is 4.46. The molecule has 0 atom stereocenters. The Bertz CT molecular complexity index is 455. The SMILES string of the molecule is Cc1ncsc1CNS(=O)(=O)CCCNC(C)C. The van der Waals surface area contributed by atoms with E-state index in [4.69, 9.17) is 0 Å². The van der Waals surface area contributed by atoms with E-state index in [1.54, 1.807) is 5.51 Å². The zero-order valence-corrected chi connectivity index (χ0v) is 12.7. The summed E-state index contributed by atoms with van der Waals surface area (Å²) in [6.07, 6.45) is 0.620. The predicted molar refractivity (Wildman–Crippen MR) is 75.2 cm³/mol. The van der Waals surface area contributed by atoms with Crippen LogP contribution in [0.3, 0.4) is 0 Å². The maximum atomic E-state index is 11.7. The van der Waals surface area contributed by atoms with Crippen molar-refractivity contribution in [1.29, 1.82) is 0 Å². The number of thiazole rings is 1. The van der Waals surface area contributed by atoms with E-state index < -0.39 is 10.0 Å². The van der Waals surface area contributed by atoms with Gasteiger partial charge in [0.2, 0.25) is 10.0 Å². The molecule has 0 fully saturated rings. The number of nitrogens with one attached hydrogen (secondary N) is 2. The number of aromatic nitrogens is 1. The van der Waals surface area contributed by atoms with Gasteiger partial charge < -0.3 is 5.32 Å². The first-order valence-electron chi connectivity index (χ1n) is 6.00. The molecule has 104 valence electrons. The summed E-state index contributed by atoms with van der Waals surface area (Å²) in [5.41, 5.74) is 2.62. The van der Waals surface area contributed by atoms with Gasteiger partial charge in [-0.05, 0) is 19.9 Å². The molecule has 0 spiro atoms. The van der Waals surface area contributed by atoms with Crippen LogP contribution >= 0.6 is 11.3 Å². The van der Waals surface area contributed by atoms with Crippen LogP contribution in [-0.2, 0) is 16.6 Å². The van der Waals surface area contributed by atoms with E-state index in [2.05, 4.69) is 15.0 Å². The first-order valence-corrected chi connectivity index (χ1v) is 8.53. The Hall–Kier alpha value is -0.500. The van der Waals surface area contributed by atoms with E-state index in [0.29, 0.717) is 19.0 Å². The Morgan fingerprint density at radius 3 is 2.72 bits per heavy atom. The molecule has 1 aromatic heterocycles. The number of rotatable bonds is 8. The molecule has 0 saturated carbocycles. The van der Waals surface area contributed by atoms with E-state index in [1.807, 2.05) is 20.8 Å². The molecule has 0 aliphatic heterocycles. The second-order valence-corrected chi connectivity index (χ2v) is 7.33. The van der Waals surface area contributed by atoms with Gasteiger partial charge in [0, 0.05) is 17.5 Å². The summed E-state index contributed by atoms with van der Waals surface area (Å²) in [5, 5.41) is 3.20. The summed E-state index contributed by atoms with van der Waals surface area (Å²) in [6.45, 7) is 7.03. The lowest BCUT2D eigenvalue weighted by molar-refractivity contribution is 0.561. The van der Waals surface area contributed by atoms with Crippen molar-refractivity contribution in [1.82, 2.24) is 15.0 Å². The topological polar surface area (TPSA) is 71.1 Å². The normalized spacial score (nSPS) is 12.2. The average Bonchev–Trinajstić information content (AvgIpc) is 2.68. The van der Waals surface area contributed by atoms with Gasteiger partial charge in [-0.25, -0.2) is 18.1 Å². The third kappa shape index (κ3) is 5.90. The number of hydrogen-bond donors (Lipinski definition) is 2. The summed E-state index contributed by atoms with van der Waals surface area (Å²) in [4.78, 5) is 5.06. The van der Waals surface area contributed by atoms with E-state index in [0.717, 1.165) is 17.1 Å². The molecule has 2 N–H and O–H groups in total. The van der Waals surface area contributed by atoms with Crippen LogP contribution in [0, 0.1) is 6.92 Å². The highest BCUT2D eigenvalue weighted by atomic mass is 32.2. The van der Waals surface area contributed by atoms with Crippen LogP contribution in [-0.4, -0.2) is 31.7 Å². The molecule has 18 heavy (non-hydrogen) atoms. The van der Waals surface area contributed by atoms with Crippen LogP contribution in [0.2, 0.25) is 0 Å². The highest BCUT2D eigenvalue weighted by molar-refractivity contribution is 7.89. The first kappa shape index (κ1) is 15.6. The van der Waals surface area contributed by atoms with Crippen molar-refractivity contribution in [2.45, 2.75) is 39.8 Å². The summed E-state index contributed by atoms with van der Waals surface area (Å²) < 4.78 is 26.1. The molecule has 1 heterocycles. The van der Waals surface area contributed by atoms with Gasteiger partial charge in [-0.3, -0.25) is 0 Å². The quantitative estimate of drug-likeness (QED) is 0.707. The third-order valence-electron chi connectivity index (χ3n) is 2.44. The van der Waals surface area contributed by atoms with Crippen LogP contribution in [0.15, 0.2) is 5.51 Å². The van der Waals surface area contributed by atoms with E-state index in [1.165, 1.54) is 11.3 Å². The van der Waals surface area contributed by atoms with Crippen molar-refractivity contribution in [3.8, 4) is 0 Å². The van der Waals surface area contributed by atoms with E-state index in [9.17, 15) is 8.42 Å². The van der Waals surface area contributed by atoms with Crippen LogP contribution in [0.1, 0.15) is 30.8 Å². The average molecular weight is 291 g/mol. The molecule has 0 saturated heterocycles. The predicted octanol–water partition coefficient (Wildman–Crippen LogP) is 1.26. The Morgan fingerprint density at radius 1 is 1.44 bits per heavy atom. The summed E-state index contributed by atoms with van der Waals surface area (Å²) in [7, 11) is -3.18. The van der Waals surface area contributed by atoms with Crippen LogP contribution in [0.25, 0.3) is 0 Å². The lowest BCUT2D eigenvalue weighted by Crippen LogP contribution is -2.29. The van der Waals surface area contributed by atoms with Gasteiger partial charge in [-0.2, -0.15) is 0 Å². The Labute approximate surface area is 113 Å². The number of hydrogen-bond acceptors (Lipinski definition) is 5. The summed E-state index contributed by atoms with van der Waals surface area (Å²) >= 11 is 1.47. The number of nitrogens with zero attached hydrogens (tertiary/aromatic N) is 1. The van der Waals surface area contributed by atoms with Crippen molar-refractivity contribution >= 4 is 21.4 Å². The number of sulfonamides is 1. The molecule has 5 nitrogen and oxygen atoms in total. The summed E-state index contributed by atoms with van der Waals surface area (Å²) in [6, 6.07) is 0.389. The largest absolute Gasteiger partial charge is 0.314 e. The maximum Gasteiger partial charge on any atom is 0.211 e. The first-order chi connectivity index (χ1) is 8.41. The fourth-order valence-corrected chi connectivity index (χ4v) is 3.24. The van der Waals surface area contributed by atoms with E-state index >= 15 is 0 Å². The van der Waals surface area contributed by atoms with Crippen molar-refractivity contribution in [2.75, 3.05) is 12.3 Å². The monoisotopic (exact) mass is 291 g/mol. The molecule has 0 radical (unpaired) electrons. The van der Waals surface area contributed by atoms with Gasteiger partial charge >= 0.3 is 0 Å². The van der Waals surface area contributed by atoms with Gasteiger partial charge in [0.05, 0.1) is 17.0 Å². The Kier molecular flexibility index (Phi) is 6.20. The van der Waals surface area contributed by atoms with Gasteiger partial charge in [-0.1, -0.05) is 13.8 Å². The zero-order chi connectivity index (χ0) is 13.6. The zero-order valence-electron chi connectivity index (χ0n) is 11.1. The van der Waals surface area contributed by atoms with Gasteiger partial charge in [0.25, 0.3) is 0 Å². The molecular weight excluding hydrogens is 270 g/mol. The molecule has 0 aliphatic rings. The minimum atomic E-state index is -3.18. The van der Waals surface area contributed by atoms with Crippen LogP contribution < -0.4 is 10.0 Å². The molecule has 0 aliphatic carbocycles. The third-order valence-corrected chi connectivity index (χ3v) is 4.79. The van der Waals surface area contributed by atoms with Crippen LogP contribution in [0.4, 0.5) is 0 Å². The highest BCUT2D eigenvalue weighted by Gasteiger charge is 2.11. The molecule has 0 unspecified atom stereocenters. The second kappa shape index (κ2) is 7.18. The molecule has 1 rings (SSSR count). The maximum absolute atomic E-state index is 11.7. The minimum absolute atomic E-state index is 0.157. The van der Waals surface area contributed by atoms with Gasteiger partial charge in [0.15, 0.2) is 0 Å². The molecular formula is C11H21N3O2S2. The van der Waals surface area contributed by atoms with E-state index in [-0.39, 0.29) is 5.75 Å². The lowest BCUT2D eigenvalue weighted by Gasteiger charge is -2.09. The number of aryl methyl sites for hydroxylation is 1. The standard InChI is InChI=1S/C11H21N3O2S2/c1-9(2)12-5-4-6-18(15,16)14-7-11-10(3)13-8-17-11/h8-9,12,14H,4-7H2,1-3H3. The van der Waals surface area contributed by atoms with Crippen molar-refractivity contribution in [2.24, 2.45) is 0 Å². The molecule has 1 aromatic rings. The Morgan fingerprint density at radius 2 is 2.17 bits per heavy atom. The van der Waals surface area contributed by atoms with Crippen molar-refractivity contribution in [3.63, 3.8) is 0 Å². The van der Waals surface area contributed by atoms with Crippen molar-refractivity contribution < 1.29 is 8.42 Å². The smallest absolute Gasteiger partial charge is 0.211 e. The highest BCUT2D eigenvalue weighted by Crippen LogP contribution is 2.11. The molecule has 0 bridgehead atoms. The molecule has 0 aromatic carbocycles. The fraction of sp³-hybridized carbons (Fsp3) is 0.727. The van der Waals surface area contributed by atoms with Gasteiger partial charge in [-0.15, -0.1) is 11.3 Å². The molecule has 0 amide bonds. The fourth-order valence-electron chi connectivity index (χ4n) is 1.40. The van der Waals surface area contributed by atoms with Gasteiger partial charge in [0.1, 0.15) is 0 Å². The van der Waals surface area contributed by atoms with Crippen LogP contribution in [0.5, 0.6) is 0 Å².